The number of nitrogens with two attached hydrogens (primary N) is 1. The highest BCUT2D eigenvalue weighted by molar-refractivity contribution is 5.77. The average Bonchev–Trinajstić information content (AvgIpc) is 2.46. The fourth-order valence-electron chi connectivity index (χ4n) is 2.62. The van der Waals surface area contributed by atoms with E-state index in [1.807, 2.05) is 4.90 Å². The number of carbonyl (C=O) groups is 1. The number of nitro groups is 1. The van der Waals surface area contributed by atoms with E-state index in [0.29, 0.717) is 37.2 Å². The van der Waals surface area contributed by atoms with Gasteiger partial charge in [0.1, 0.15) is 5.69 Å². The summed E-state index contributed by atoms with van der Waals surface area (Å²) in [7, 11) is 0. The topological polar surface area (TPSA) is 110 Å². The van der Waals surface area contributed by atoms with Crippen LogP contribution in [0.2, 0.25) is 0 Å². The Hall–Kier alpha value is -2.15. The second-order valence-corrected chi connectivity index (χ2v) is 5.34. The van der Waals surface area contributed by atoms with Gasteiger partial charge < -0.3 is 15.7 Å². The standard InChI is InChI=1S/C14H19N3O4/c1-9(18)11-2-3-12(13(8-11)17(20)21)16-6-4-10(5-7-16)14(15)19/h2-3,8-10,18H,4-7H2,1H3,(H2,15,19). The lowest BCUT2D eigenvalue weighted by molar-refractivity contribution is -0.384. The minimum Gasteiger partial charge on any atom is -0.389 e. The molecule has 0 aromatic heterocycles. The summed E-state index contributed by atoms with van der Waals surface area (Å²) >= 11 is 0. The first-order valence-corrected chi connectivity index (χ1v) is 6.91. The summed E-state index contributed by atoms with van der Waals surface area (Å²) in [6.45, 7) is 2.68. The van der Waals surface area contributed by atoms with Gasteiger partial charge in [0.2, 0.25) is 5.91 Å². The number of nitrogens with zero attached hydrogens (tertiary/aromatic N) is 2. The van der Waals surface area contributed by atoms with Gasteiger partial charge in [0.15, 0.2) is 0 Å². The number of primary amides is 1. The Morgan fingerprint density at radius 2 is 2.10 bits per heavy atom. The van der Waals surface area contributed by atoms with E-state index in [-0.39, 0.29) is 17.5 Å². The van der Waals surface area contributed by atoms with E-state index in [4.69, 9.17) is 5.73 Å². The van der Waals surface area contributed by atoms with Crippen molar-refractivity contribution in [3.05, 3.63) is 33.9 Å². The number of amides is 1. The number of anilines is 1. The van der Waals surface area contributed by atoms with E-state index in [9.17, 15) is 20.0 Å². The molecule has 1 aromatic rings. The van der Waals surface area contributed by atoms with Gasteiger partial charge in [-0.1, -0.05) is 6.07 Å². The number of aliphatic hydroxyl groups excluding tert-OH is 1. The Labute approximate surface area is 122 Å². The zero-order valence-corrected chi connectivity index (χ0v) is 11.9. The van der Waals surface area contributed by atoms with Crippen LogP contribution in [0.4, 0.5) is 11.4 Å². The van der Waals surface area contributed by atoms with E-state index in [2.05, 4.69) is 0 Å². The SMILES string of the molecule is CC(O)c1ccc(N2CCC(C(N)=O)CC2)c([N+](=O)[O-])c1. The fraction of sp³-hybridized carbons (Fsp3) is 0.500. The van der Waals surface area contributed by atoms with Crippen molar-refractivity contribution in [1.29, 1.82) is 0 Å². The molecule has 114 valence electrons. The molecule has 1 saturated heterocycles. The van der Waals surface area contributed by atoms with Crippen LogP contribution in [0.3, 0.4) is 0 Å². The van der Waals surface area contributed by atoms with Crippen LogP contribution in [0.5, 0.6) is 0 Å². The molecule has 1 amide bonds. The molecule has 0 radical (unpaired) electrons. The molecule has 1 fully saturated rings. The van der Waals surface area contributed by atoms with Gasteiger partial charge in [-0.25, -0.2) is 0 Å². The number of nitro benzene ring substituents is 1. The lowest BCUT2D eigenvalue weighted by atomic mass is 9.95. The quantitative estimate of drug-likeness (QED) is 0.643. The Morgan fingerprint density at radius 3 is 2.57 bits per heavy atom. The van der Waals surface area contributed by atoms with Gasteiger partial charge in [-0.2, -0.15) is 0 Å². The molecule has 1 aromatic carbocycles. The van der Waals surface area contributed by atoms with E-state index < -0.39 is 11.0 Å². The third kappa shape index (κ3) is 3.30. The molecule has 7 heteroatoms. The third-order valence-corrected chi connectivity index (χ3v) is 3.92. The monoisotopic (exact) mass is 293 g/mol. The van der Waals surface area contributed by atoms with Crippen LogP contribution < -0.4 is 10.6 Å². The molecule has 2 rings (SSSR count). The van der Waals surface area contributed by atoms with Gasteiger partial charge in [0.05, 0.1) is 11.0 Å². The normalized spacial score (nSPS) is 17.5. The number of piperidine rings is 1. The van der Waals surface area contributed by atoms with Crippen molar-refractivity contribution >= 4 is 17.3 Å². The predicted octanol–water partition coefficient (Wildman–Crippen LogP) is 1.35. The van der Waals surface area contributed by atoms with Gasteiger partial charge >= 0.3 is 0 Å². The summed E-state index contributed by atoms with van der Waals surface area (Å²) in [5.41, 5.74) is 6.30. The molecular formula is C14H19N3O4. The summed E-state index contributed by atoms with van der Waals surface area (Å²) < 4.78 is 0. The van der Waals surface area contributed by atoms with Crippen molar-refractivity contribution in [3.8, 4) is 0 Å². The van der Waals surface area contributed by atoms with Crippen molar-refractivity contribution in [2.45, 2.75) is 25.9 Å². The summed E-state index contributed by atoms with van der Waals surface area (Å²) in [5, 5.41) is 20.8. The molecule has 1 heterocycles. The predicted molar refractivity (Wildman–Crippen MR) is 77.9 cm³/mol. The molecule has 1 aliphatic heterocycles. The molecule has 7 nitrogen and oxygen atoms in total. The lowest BCUT2D eigenvalue weighted by Crippen LogP contribution is -2.38. The van der Waals surface area contributed by atoms with E-state index in [1.54, 1.807) is 19.1 Å². The van der Waals surface area contributed by atoms with Crippen molar-refractivity contribution in [1.82, 2.24) is 0 Å². The van der Waals surface area contributed by atoms with Crippen LogP contribution in [0, 0.1) is 16.0 Å². The third-order valence-electron chi connectivity index (χ3n) is 3.92. The van der Waals surface area contributed by atoms with Gasteiger partial charge in [-0.3, -0.25) is 14.9 Å². The summed E-state index contributed by atoms with van der Waals surface area (Å²) in [6.07, 6.45) is 0.452. The number of rotatable bonds is 4. The Morgan fingerprint density at radius 1 is 1.48 bits per heavy atom. The number of aliphatic hydroxyl groups is 1. The molecule has 0 bridgehead atoms. The van der Waals surface area contributed by atoms with Crippen LogP contribution in [-0.2, 0) is 4.79 Å². The summed E-state index contributed by atoms with van der Waals surface area (Å²) in [4.78, 5) is 23.8. The molecule has 21 heavy (non-hydrogen) atoms. The number of hydrogen-bond donors (Lipinski definition) is 2. The van der Waals surface area contributed by atoms with Crippen molar-refractivity contribution in [2.24, 2.45) is 11.7 Å². The first kappa shape index (κ1) is 15.2. The Bertz CT molecular complexity index is 551. The molecule has 0 spiro atoms. The van der Waals surface area contributed by atoms with E-state index >= 15 is 0 Å². The lowest BCUT2D eigenvalue weighted by Gasteiger charge is -2.32. The van der Waals surface area contributed by atoms with E-state index in [1.165, 1.54) is 6.07 Å². The van der Waals surface area contributed by atoms with Crippen LogP contribution in [-0.4, -0.2) is 29.0 Å². The molecule has 1 aliphatic rings. The van der Waals surface area contributed by atoms with Gasteiger partial charge in [0.25, 0.3) is 5.69 Å². The largest absolute Gasteiger partial charge is 0.389 e. The van der Waals surface area contributed by atoms with Crippen molar-refractivity contribution < 1.29 is 14.8 Å². The molecule has 1 atom stereocenters. The second kappa shape index (κ2) is 6.09. The highest BCUT2D eigenvalue weighted by atomic mass is 16.6. The molecule has 1 unspecified atom stereocenters. The van der Waals surface area contributed by atoms with Gasteiger partial charge in [-0.05, 0) is 31.4 Å². The first-order valence-electron chi connectivity index (χ1n) is 6.91. The van der Waals surface area contributed by atoms with Crippen molar-refractivity contribution in [2.75, 3.05) is 18.0 Å². The minimum atomic E-state index is -0.752. The smallest absolute Gasteiger partial charge is 0.292 e. The van der Waals surface area contributed by atoms with E-state index in [0.717, 1.165) is 0 Å². The highest BCUT2D eigenvalue weighted by Crippen LogP contribution is 2.33. The molecule has 0 saturated carbocycles. The van der Waals surface area contributed by atoms with Crippen LogP contribution in [0.1, 0.15) is 31.4 Å². The summed E-state index contributed by atoms with van der Waals surface area (Å²) in [5.74, 6) is -0.467. The number of hydrogen-bond acceptors (Lipinski definition) is 5. The van der Waals surface area contributed by atoms with Crippen LogP contribution >= 0.6 is 0 Å². The first-order chi connectivity index (χ1) is 9.90. The van der Waals surface area contributed by atoms with Crippen LogP contribution in [0.15, 0.2) is 18.2 Å². The second-order valence-electron chi connectivity index (χ2n) is 5.34. The van der Waals surface area contributed by atoms with Gasteiger partial charge in [0, 0.05) is 25.1 Å². The Balaban J connectivity index is 2.24. The molecule has 0 aliphatic carbocycles. The minimum absolute atomic E-state index is 0.0223. The highest BCUT2D eigenvalue weighted by Gasteiger charge is 2.27. The maximum Gasteiger partial charge on any atom is 0.292 e. The zero-order chi connectivity index (χ0) is 15.6. The number of benzene rings is 1. The molecule has 3 N–H and O–H groups in total. The van der Waals surface area contributed by atoms with Gasteiger partial charge in [-0.15, -0.1) is 0 Å². The van der Waals surface area contributed by atoms with Crippen molar-refractivity contribution in [3.63, 3.8) is 0 Å². The maximum atomic E-state index is 11.2. The van der Waals surface area contributed by atoms with Crippen LogP contribution in [0.25, 0.3) is 0 Å². The zero-order valence-electron chi connectivity index (χ0n) is 11.9. The average molecular weight is 293 g/mol. The fourth-order valence-corrected chi connectivity index (χ4v) is 2.62. The Kier molecular flexibility index (Phi) is 4.42. The molecular weight excluding hydrogens is 274 g/mol. The maximum absolute atomic E-state index is 11.2. The summed E-state index contributed by atoms with van der Waals surface area (Å²) in [6, 6.07) is 4.75. The number of carbonyl (C=O) groups excluding carboxylic acids is 1.